The van der Waals surface area contributed by atoms with Gasteiger partial charge < -0.3 is 9.64 Å². The van der Waals surface area contributed by atoms with Crippen molar-refractivity contribution < 1.29 is 9.53 Å². The van der Waals surface area contributed by atoms with Gasteiger partial charge in [0.25, 0.3) is 0 Å². The highest BCUT2D eigenvalue weighted by molar-refractivity contribution is 7.17. The molecule has 1 saturated carbocycles. The molecule has 1 aromatic rings. The van der Waals surface area contributed by atoms with Crippen LogP contribution in [0.4, 0.5) is 5.13 Å². The summed E-state index contributed by atoms with van der Waals surface area (Å²) in [6, 6.07) is 0. The van der Waals surface area contributed by atoms with E-state index in [-0.39, 0.29) is 0 Å². The van der Waals surface area contributed by atoms with E-state index in [4.69, 9.17) is 9.72 Å². The summed E-state index contributed by atoms with van der Waals surface area (Å²) in [5.41, 5.74) is 1.04. The Morgan fingerprint density at radius 2 is 2.11 bits per heavy atom. The van der Waals surface area contributed by atoms with Crippen molar-refractivity contribution in [3.63, 3.8) is 0 Å². The minimum absolute atomic E-state index is 0.543. The molecule has 0 unspecified atom stereocenters. The summed E-state index contributed by atoms with van der Waals surface area (Å²) >= 11 is 1.54. The number of thiazole rings is 1. The topological polar surface area (TPSA) is 42.4 Å². The molecule has 0 spiro atoms. The van der Waals surface area contributed by atoms with E-state index in [0.717, 1.165) is 54.6 Å². The van der Waals surface area contributed by atoms with Crippen LogP contribution in [0.15, 0.2) is 0 Å². The van der Waals surface area contributed by atoms with Gasteiger partial charge in [0.15, 0.2) is 11.4 Å². The fourth-order valence-corrected chi connectivity index (χ4v) is 3.56. The Kier molecular flexibility index (Phi) is 3.84. The number of aromatic nitrogens is 1. The largest absolute Gasteiger partial charge is 0.381 e. The third-order valence-electron chi connectivity index (χ3n) is 3.94. The number of aldehydes is 1. The van der Waals surface area contributed by atoms with Crippen LogP contribution in [-0.2, 0) is 4.74 Å². The van der Waals surface area contributed by atoms with Gasteiger partial charge in [0.05, 0.1) is 10.6 Å². The fraction of sp³-hybridized carbons (Fsp3) is 0.714. The van der Waals surface area contributed by atoms with Crippen molar-refractivity contribution in [3.8, 4) is 0 Å². The molecule has 0 atom stereocenters. The zero-order chi connectivity index (χ0) is 13.2. The second-order valence-electron chi connectivity index (χ2n) is 5.57. The molecular weight excluding hydrogens is 260 g/mol. The summed E-state index contributed by atoms with van der Waals surface area (Å²) in [5.74, 6) is 1.23. The Hall–Kier alpha value is -0.940. The van der Waals surface area contributed by atoms with Gasteiger partial charge in [-0.1, -0.05) is 11.3 Å². The molecule has 104 valence electrons. The normalized spacial score (nSPS) is 20.5. The van der Waals surface area contributed by atoms with E-state index in [2.05, 4.69) is 11.9 Å². The summed E-state index contributed by atoms with van der Waals surface area (Å²) in [7, 11) is 2.08. The molecule has 0 bridgehead atoms. The van der Waals surface area contributed by atoms with Crippen molar-refractivity contribution >= 4 is 22.8 Å². The van der Waals surface area contributed by atoms with Crippen molar-refractivity contribution in [3.05, 3.63) is 10.6 Å². The van der Waals surface area contributed by atoms with Crippen LogP contribution in [-0.4, -0.2) is 38.1 Å². The van der Waals surface area contributed by atoms with Crippen LogP contribution >= 0.6 is 11.3 Å². The van der Waals surface area contributed by atoms with Crippen LogP contribution in [0.3, 0.4) is 0 Å². The smallest absolute Gasteiger partial charge is 0.185 e. The lowest BCUT2D eigenvalue weighted by Crippen LogP contribution is -2.29. The fourth-order valence-electron chi connectivity index (χ4n) is 2.62. The lowest BCUT2D eigenvalue weighted by atomic mass is 10.0. The Morgan fingerprint density at radius 1 is 1.37 bits per heavy atom. The van der Waals surface area contributed by atoms with Crippen LogP contribution in [0.25, 0.3) is 0 Å². The number of hydrogen-bond acceptors (Lipinski definition) is 5. The van der Waals surface area contributed by atoms with Gasteiger partial charge in [-0.05, 0) is 31.6 Å². The van der Waals surface area contributed by atoms with Crippen molar-refractivity contribution in [2.75, 3.05) is 31.7 Å². The molecule has 0 amide bonds. The monoisotopic (exact) mass is 280 g/mol. The minimum Gasteiger partial charge on any atom is -0.381 e. The van der Waals surface area contributed by atoms with E-state index >= 15 is 0 Å². The first-order valence-electron chi connectivity index (χ1n) is 7.02. The SMILES string of the molecule is CN(CC1CCOCC1)c1nc(C2CC2)c(C=O)s1. The highest BCUT2D eigenvalue weighted by atomic mass is 32.1. The molecule has 5 heteroatoms. The molecule has 1 aromatic heterocycles. The van der Waals surface area contributed by atoms with Crippen molar-refractivity contribution in [1.82, 2.24) is 4.98 Å². The van der Waals surface area contributed by atoms with Gasteiger partial charge in [-0.15, -0.1) is 0 Å². The standard InChI is InChI=1S/C14H20N2O2S/c1-16(8-10-4-6-18-7-5-10)14-15-13(11-2-3-11)12(9-17)19-14/h9-11H,2-8H2,1H3. The van der Waals surface area contributed by atoms with Gasteiger partial charge in [-0.25, -0.2) is 4.98 Å². The van der Waals surface area contributed by atoms with Crippen molar-refractivity contribution in [1.29, 1.82) is 0 Å². The second kappa shape index (κ2) is 5.59. The van der Waals surface area contributed by atoms with Crippen molar-refractivity contribution in [2.45, 2.75) is 31.6 Å². The molecule has 19 heavy (non-hydrogen) atoms. The Labute approximate surface area is 117 Å². The van der Waals surface area contributed by atoms with E-state index in [1.54, 1.807) is 11.3 Å². The average molecular weight is 280 g/mol. The molecule has 3 rings (SSSR count). The highest BCUT2D eigenvalue weighted by Crippen LogP contribution is 2.43. The van der Waals surface area contributed by atoms with E-state index < -0.39 is 0 Å². The third-order valence-corrected chi connectivity index (χ3v) is 5.05. The first-order valence-corrected chi connectivity index (χ1v) is 7.84. The van der Waals surface area contributed by atoms with Crippen LogP contribution < -0.4 is 4.90 Å². The quantitative estimate of drug-likeness (QED) is 0.778. The summed E-state index contributed by atoms with van der Waals surface area (Å²) in [6.45, 7) is 2.77. The Balaban J connectivity index is 1.68. The number of carbonyl (C=O) groups is 1. The third kappa shape index (κ3) is 2.98. The zero-order valence-corrected chi connectivity index (χ0v) is 12.1. The number of nitrogens with zero attached hydrogens (tertiary/aromatic N) is 2. The molecule has 0 N–H and O–H groups in total. The first kappa shape index (κ1) is 13.1. The summed E-state index contributed by atoms with van der Waals surface area (Å²) in [6.07, 6.45) is 5.61. The van der Waals surface area contributed by atoms with Crippen LogP contribution in [0.5, 0.6) is 0 Å². The van der Waals surface area contributed by atoms with Gasteiger partial charge in [-0.3, -0.25) is 4.79 Å². The number of rotatable bonds is 5. The number of hydrogen-bond donors (Lipinski definition) is 0. The summed E-state index contributed by atoms with van der Waals surface area (Å²) < 4.78 is 5.39. The van der Waals surface area contributed by atoms with Crippen LogP contribution in [0.2, 0.25) is 0 Å². The molecular formula is C14H20N2O2S. The highest BCUT2D eigenvalue weighted by Gasteiger charge is 2.30. The van der Waals surface area contributed by atoms with E-state index in [0.29, 0.717) is 11.8 Å². The van der Waals surface area contributed by atoms with Crippen LogP contribution in [0, 0.1) is 5.92 Å². The number of carbonyl (C=O) groups excluding carboxylic acids is 1. The van der Waals surface area contributed by atoms with Crippen LogP contribution in [0.1, 0.15) is 47.0 Å². The van der Waals surface area contributed by atoms with Gasteiger partial charge >= 0.3 is 0 Å². The molecule has 2 fully saturated rings. The van der Waals surface area contributed by atoms with Gasteiger partial charge in [0, 0.05) is 32.7 Å². The first-order chi connectivity index (χ1) is 9.28. The molecule has 4 nitrogen and oxygen atoms in total. The predicted octanol–water partition coefficient (Wildman–Crippen LogP) is 2.70. The molecule has 1 aliphatic carbocycles. The maximum atomic E-state index is 11.1. The Morgan fingerprint density at radius 3 is 2.74 bits per heavy atom. The molecule has 1 saturated heterocycles. The maximum Gasteiger partial charge on any atom is 0.185 e. The molecule has 0 aromatic carbocycles. The molecule has 1 aliphatic heterocycles. The van der Waals surface area contributed by atoms with E-state index in [1.165, 1.54) is 12.8 Å². The average Bonchev–Trinajstić information content (AvgIpc) is 3.19. The lowest BCUT2D eigenvalue weighted by molar-refractivity contribution is 0.0685. The number of ether oxygens (including phenoxy) is 1. The molecule has 2 heterocycles. The molecule has 0 radical (unpaired) electrons. The van der Waals surface area contributed by atoms with Gasteiger partial charge in [0.1, 0.15) is 0 Å². The van der Waals surface area contributed by atoms with Gasteiger partial charge in [-0.2, -0.15) is 0 Å². The maximum absolute atomic E-state index is 11.1. The Bertz CT molecular complexity index is 450. The number of anilines is 1. The molecule has 2 aliphatic rings. The predicted molar refractivity (Wildman–Crippen MR) is 76.3 cm³/mol. The summed E-state index contributed by atoms with van der Waals surface area (Å²) in [5, 5.41) is 0.996. The zero-order valence-electron chi connectivity index (χ0n) is 11.3. The van der Waals surface area contributed by atoms with Crippen molar-refractivity contribution in [2.24, 2.45) is 5.92 Å². The van der Waals surface area contributed by atoms with Gasteiger partial charge in [0.2, 0.25) is 0 Å². The second-order valence-corrected chi connectivity index (χ2v) is 6.58. The minimum atomic E-state index is 0.543. The summed E-state index contributed by atoms with van der Waals surface area (Å²) in [4.78, 5) is 18.8. The van der Waals surface area contributed by atoms with E-state index in [9.17, 15) is 4.79 Å². The van der Waals surface area contributed by atoms with E-state index in [1.807, 2.05) is 0 Å². The lowest BCUT2D eigenvalue weighted by Gasteiger charge is -2.26.